The first-order valence-electron chi connectivity index (χ1n) is 12.8. The lowest BCUT2D eigenvalue weighted by atomic mass is 9.88. The molecule has 1 fully saturated rings. The van der Waals surface area contributed by atoms with E-state index in [4.69, 9.17) is 21.3 Å². The molecule has 0 aromatic heterocycles. The zero-order chi connectivity index (χ0) is 23.7. The van der Waals surface area contributed by atoms with Crippen molar-refractivity contribution in [2.24, 2.45) is 22.7 Å². The number of hydrogen-bond acceptors (Lipinski definition) is 6. The number of piperazine rings is 1. The Kier molecular flexibility index (Phi) is 10.9. The molecule has 0 radical (unpaired) electrons. The maximum absolute atomic E-state index is 10.7. The second-order valence-corrected chi connectivity index (χ2v) is 11.4. The van der Waals surface area contributed by atoms with Gasteiger partial charge < -0.3 is 15.2 Å². The van der Waals surface area contributed by atoms with Crippen LogP contribution in [0, 0.1) is 17.8 Å². The van der Waals surface area contributed by atoms with Gasteiger partial charge in [0.05, 0.1) is 18.4 Å². The molecule has 0 spiro atoms. The van der Waals surface area contributed by atoms with Crippen molar-refractivity contribution in [2.45, 2.75) is 77.2 Å². The SMILES string of the molecule is CC(C)(C)OCN1CCN[C@@H](C(O)NCCC2CCC(CCC3C=CC(Cl)=CC3)C=NC2)C1. The number of aliphatic hydroxyl groups excluding tert-OH is 1. The molecule has 3 N–H and O–H groups in total. The van der Waals surface area contributed by atoms with E-state index < -0.39 is 6.23 Å². The fourth-order valence-corrected chi connectivity index (χ4v) is 4.91. The summed E-state index contributed by atoms with van der Waals surface area (Å²) in [6.45, 7) is 11.2. The molecule has 6 nitrogen and oxygen atoms in total. The first-order valence-corrected chi connectivity index (χ1v) is 13.2. The Hall–Kier alpha value is -0.760. The Morgan fingerprint density at radius 2 is 2.09 bits per heavy atom. The van der Waals surface area contributed by atoms with Crippen molar-refractivity contribution in [3.63, 3.8) is 0 Å². The molecule has 3 rings (SSSR count). The molecule has 5 atom stereocenters. The lowest BCUT2D eigenvalue weighted by Gasteiger charge is -2.37. The quantitative estimate of drug-likeness (QED) is 0.413. The van der Waals surface area contributed by atoms with Crippen molar-refractivity contribution in [2.75, 3.05) is 39.5 Å². The summed E-state index contributed by atoms with van der Waals surface area (Å²) >= 11 is 6.03. The fourth-order valence-electron chi connectivity index (χ4n) is 4.74. The van der Waals surface area contributed by atoms with Gasteiger partial charge in [0.1, 0.15) is 6.23 Å². The number of allylic oxidation sites excluding steroid dienone is 4. The van der Waals surface area contributed by atoms with Crippen LogP contribution in [-0.4, -0.2) is 73.5 Å². The Bertz CT molecular complexity index is 676. The van der Waals surface area contributed by atoms with Crippen LogP contribution in [0.3, 0.4) is 0 Å². The van der Waals surface area contributed by atoms with E-state index in [9.17, 15) is 5.11 Å². The van der Waals surface area contributed by atoms with E-state index >= 15 is 0 Å². The Labute approximate surface area is 205 Å². The van der Waals surface area contributed by atoms with Crippen LogP contribution >= 0.6 is 11.6 Å². The van der Waals surface area contributed by atoms with Crippen molar-refractivity contribution in [1.29, 1.82) is 0 Å². The number of nitrogens with zero attached hydrogens (tertiary/aromatic N) is 2. The number of rotatable bonds is 10. The minimum absolute atomic E-state index is 0.0254. The lowest BCUT2D eigenvalue weighted by molar-refractivity contribution is -0.0764. The van der Waals surface area contributed by atoms with Crippen LogP contribution in [0.5, 0.6) is 0 Å². The number of aliphatic hydroxyl groups is 1. The van der Waals surface area contributed by atoms with Crippen LogP contribution < -0.4 is 10.6 Å². The summed E-state index contributed by atoms with van der Waals surface area (Å²) in [7, 11) is 0. The summed E-state index contributed by atoms with van der Waals surface area (Å²) < 4.78 is 5.91. The van der Waals surface area contributed by atoms with Crippen LogP contribution in [0.2, 0.25) is 0 Å². The summed E-state index contributed by atoms with van der Waals surface area (Å²) in [5.74, 6) is 1.81. The molecule has 7 heteroatoms. The standard InChI is InChI=1S/C26H45ClN4O2/c1-26(2,3)33-19-31-15-14-29-24(18-31)25(32)30-13-12-22-7-6-21(16-28-17-22)5-4-20-8-10-23(27)11-9-20/h8,10-11,16,20-22,24-25,29-30,32H,4-7,9,12-15,17-19H2,1-3H3/t20?,21?,22?,24-,25?/m1/s1. The van der Waals surface area contributed by atoms with Crippen molar-refractivity contribution in [3.05, 3.63) is 23.3 Å². The largest absolute Gasteiger partial charge is 0.377 e. The third-order valence-corrected chi connectivity index (χ3v) is 7.21. The van der Waals surface area contributed by atoms with Crippen molar-refractivity contribution < 1.29 is 9.84 Å². The highest BCUT2D eigenvalue weighted by molar-refractivity contribution is 6.31. The number of hydrogen-bond donors (Lipinski definition) is 3. The summed E-state index contributed by atoms with van der Waals surface area (Å²) in [6.07, 6.45) is 15.0. The van der Waals surface area contributed by atoms with Crippen LogP contribution in [0.1, 0.15) is 59.3 Å². The maximum atomic E-state index is 10.7. The van der Waals surface area contributed by atoms with E-state index in [2.05, 4.69) is 54.7 Å². The molecule has 2 heterocycles. The Morgan fingerprint density at radius 1 is 1.27 bits per heavy atom. The molecule has 4 unspecified atom stereocenters. The van der Waals surface area contributed by atoms with Gasteiger partial charge in [0.2, 0.25) is 0 Å². The highest BCUT2D eigenvalue weighted by Gasteiger charge is 2.26. The summed E-state index contributed by atoms with van der Waals surface area (Å²) in [5.41, 5.74) is -0.143. The predicted molar refractivity (Wildman–Crippen MR) is 138 cm³/mol. The van der Waals surface area contributed by atoms with Crippen LogP contribution in [0.4, 0.5) is 0 Å². The highest BCUT2D eigenvalue weighted by atomic mass is 35.5. The van der Waals surface area contributed by atoms with Gasteiger partial charge in [-0.15, -0.1) is 0 Å². The van der Waals surface area contributed by atoms with E-state index in [0.717, 1.165) is 50.6 Å². The Balaban J connectivity index is 1.30. The third kappa shape index (κ3) is 10.2. The second kappa shape index (κ2) is 13.4. The fraction of sp³-hybridized carbons (Fsp3) is 0.808. The number of nitrogens with one attached hydrogen (secondary N) is 2. The van der Waals surface area contributed by atoms with Gasteiger partial charge in [0.15, 0.2) is 0 Å². The van der Waals surface area contributed by atoms with Crippen molar-refractivity contribution >= 4 is 17.8 Å². The van der Waals surface area contributed by atoms with Gasteiger partial charge in [-0.1, -0.05) is 23.8 Å². The van der Waals surface area contributed by atoms with Crippen molar-refractivity contribution in [3.8, 4) is 0 Å². The van der Waals surface area contributed by atoms with Gasteiger partial charge in [0, 0.05) is 37.4 Å². The highest BCUT2D eigenvalue weighted by Crippen LogP contribution is 2.27. The zero-order valence-corrected chi connectivity index (χ0v) is 21.6. The first kappa shape index (κ1) is 26.8. The molecule has 188 valence electrons. The summed E-state index contributed by atoms with van der Waals surface area (Å²) in [5, 5.41) is 18.3. The van der Waals surface area contributed by atoms with E-state index in [-0.39, 0.29) is 11.6 Å². The smallest absolute Gasteiger partial charge is 0.121 e. The van der Waals surface area contributed by atoms with E-state index in [1.807, 2.05) is 6.08 Å². The predicted octanol–water partition coefficient (Wildman–Crippen LogP) is 3.91. The average Bonchev–Trinajstić information content (AvgIpc) is 3.02. The topological polar surface area (TPSA) is 69.1 Å². The molecule has 1 aliphatic carbocycles. The molecule has 0 saturated carbocycles. The molecule has 0 amide bonds. The third-order valence-electron chi connectivity index (χ3n) is 6.93. The average molecular weight is 481 g/mol. The summed E-state index contributed by atoms with van der Waals surface area (Å²) in [4.78, 5) is 7.02. The molecule has 2 aliphatic heterocycles. The number of aliphatic imine (C=N–C) groups is 1. The van der Waals surface area contributed by atoms with Crippen LogP contribution in [0.25, 0.3) is 0 Å². The van der Waals surface area contributed by atoms with Gasteiger partial charge >= 0.3 is 0 Å². The minimum Gasteiger partial charge on any atom is -0.377 e. The zero-order valence-electron chi connectivity index (χ0n) is 20.8. The normalized spacial score (nSPS) is 30.2. The lowest BCUT2D eigenvalue weighted by Crippen LogP contribution is -2.59. The molecule has 0 bridgehead atoms. The second-order valence-electron chi connectivity index (χ2n) is 10.9. The minimum atomic E-state index is -0.546. The molecule has 33 heavy (non-hydrogen) atoms. The number of ether oxygens (including phenoxy) is 1. The van der Waals surface area contributed by atoms with Crippen LogP contribution in [0.15, 0.2) is 28.3 Å². The number of halogens is 1. The molecule has 1 saturated heterocycles. The van der Waals surface area contributed by atoms with Gasteiger partial charge in [-0.2, -0.15) is 0 Å². The maximum Gasteiger partial charge on any atom is 0.121 e. The monoisotopic (exact) mass is 480 g/mol. The van der Waals surface area contributed by atoms with Crippen molar-refractivity contribution in [1.82, 2.24) is 15.5 Å². The molecular weight excluding hydrogens is 436 g/mol. The molecule has 3 aliphatic rings. The molecule has 0 aromatic carbocycles. The molecular formula is C26H45ClN4O2. The van der Waals surface area contributed by atoms with E-state index in [1.54, 1.807) is 0 Å². The summed E-state index contributed by atoms with van der Waals surface area (Å²) in [6, 6.07) is 0.0254. The van der Waals surface area contributed by atoms with E-state index in [1.165, 1.54) is 25.7 Å². The molecule has 0 aromatic rings. The van der Waals surface area contributed by atoms with Gasteiger partial charge in [-0.05, 0) is 89.7 Å². The first-order chi connectivity index (χ1) is 15.8. The van der Waals surface area contributed by atoms with Crippen LogP contribution in [-0.2, 0) is 4.74 Å². The van der Waals surface area contributed by atoms with E-state index in [0.29, 0.717) is 24.5 Å². The van der Waals surface area contributed by atoms with Gasteiger partial charge in [0.25, 0.3) is 0 Å². The van der Waals surface area contributed by atoms with Gasteiger partial charge in [-0.25, -0.2) is 0 Å². The Morgan fingerprint density at radius 3 is 2.85 bits per heavy atom. The van der Waals surface area contributed by atoms with Gasteiger partial charge in [-0.3, -0.25) is 15.2 Å².